The Morgan fingerprint density at radius 2 is 1.55 bits per heavy atom. The minimum absolute atomic E-state index is 0.200. The van der Waals surface area contributed by atoms with Gasteiger partial charge in [0.25, 0.3) is 0 Å². The average molecular weight is 399 g/mol. The molecule has 2 heterocycles. The molecule has 2 aromatic carbocycles. The van der Waals surface area contributed by atoms with Crippen molar-refractivity contribution in [2.45, 2.75) is 0 Å². The minimum atomic E-state index is -0.550. The Morgan fingerprint density at radius 3 is 2.17 bits per heavy atom. The van der Waals surface area contributed by atoms with Gasteiger partial charge in [0.1, 0.15) is 17.1 Å². The molecule has 1 aromatic heterocycles. The van der Waals surface area contributed by atoms with Gasteiger partial charge >= 0.3 is 0 Å². The van der Waals surface area contributed by atoms with Gasteiger partial charge in [0.2, 0.25) is 6.20 Å². The molecule has 0 amide bonds. The highest BCUT2D eigenvalue weighted by Crippen LogP contribution is 2.54. The van der Waals surface area contributed by atoms with Crippen molar-refractivity contribution >= 4 is 16.5 Å². The van der Waals surface area contributed by atoms with Crippen LogP contribution in [0.5, 0.6) is 34.5 Å². The van der Waals surface area contributed by atoms with E-state index >= 15 is 0 Å². The van der Waals surface area contributed by atoms with Gasteiger partial charge < -0.3 is 28.1 Å². The molecule has 1 aliphatic rings. The topological polar surface area (TPSA) is 102 Å². The molecule has 0 spiro atoms. The van der Waals surface area contributed by atoms with E-state index in [9.17, 15) is 10.1 Å². The molecule has 150 valence electrons. The molecule has 0 unspecified atom stereocenters. The van der Waals surface area contributed by atoms with Gasteiger partial charge in [-0.1, -0.05) is 0 Å². The number of nitrogens with zero attached hydrogens (tertiary/aromatic N) is 1. The Kier molecular flexibility index (Phi) is 4.42. The van der Waals surface area contributed by atoms with Crippen molar-refractivity contribution < 1.29 is 33.0 Å². The van der Waals surface area contributed by atoms with Crippen LogP contribution in [0.2, 0.25) is 0 Å². The molecule has 0 radical (unpaired) electrons. The van der Waals surface area contributed by atoms with Gasteiger partial charge in [0.05, 0.1) is 38.7 Å². The van der Waals surface area contributed by atoms with Crippen LogP contribution < -0.4 is 23.7 Å². The van der Waals surface area contributed by atoms with Crippen LogP contribution in [0.3, 0.4) is 0 Å². The SMILES string of the molecule is COc1cc(OC)c2c(c1)/C(=C/[N+](=O)[O-])c1oc3c(OC)cc(OC)cc3c1O2. The molecule has 0 aliphatic carbocycles. The lowest BCUT2D eigenvalue weighted by Gasteiger charge is -2.21. The lowest BCUT2D eigenvalue weighted by Crippen LogP contribution is -2.05. The highest BCUT2D eigenvalue weighted by Gasteiger charge is 2.34. The first-order chi connectivity index (χ1) is 14.0. The van der Waals surface area contributed by atoms with E-state index in [1.807, 2.05) is 0 Å². The zero-order valence-electron chi connectivity index (χ0n) is 16.1. The van der Waals surface area contributed by atoms with Crippen molar-refractivity contribution in [1.82, 2.24) is 0 Å². The second-order valence-electron chi connectivity index (χ2n) is 6.10. The normalized spacial score (nSPS) is 13.4. The molecule has 0 saturated carbocycles. The fraction of sp³-hybridized carbons (Fsp3) is 0.200. The molecule has 1 aliphatic heterocycles. The second kappa shape index (κ2) is 6.93. The van der Waals surface area contributed by atoms with E-state index in [1.165, 1.54) is 28.4 Å². The number of furan rings is 1. The standard InChI is InChI=1S/C20H17NO8/c1-24-10-5-12-14(9-21(22)23)20-19(28-17(12)15(7-10)26-3)13-6-11(25-2)8-16(27-4)18(13)29-20/h5-9H,1-4H3/b14-9-. The highest BCUT2D eigenvalue weighted by atomic mass is 16.6. The van der Waals surface area contributed by atoms with Crippen molar-refractivity contribution in [3.05, 3.63) is 51.9 Å². The molecular formula is C20H17NO8. The summed E-state index contributed by atoms with van der Waals surface area (Å²) in [6.45, 7) is 0. The Morgan fingerprint density at radius 1 is 0.897 bits per heavy atom. The maximum absolute atomic E-state index is 11.4. The Hall–Kier alpha value is -3.88. The van der Waals surface area contributed by atoms with E-state index in [0.717, 1.165) is 6.20 Å². The van der Waals surface area contributed by atoms with E-state index in [2.05, 4.69) is 0 Å². The minimum Gasteiger partial charge on any atom is -0.497 e. The molecule has 3 aromatic rings. The third-order valence-electron chi connectivity index (χ3n) is 4.60. The van der Waals surface area contributed by atoms with Crippen molar-refractivity contribution in [2.75, 3.05) is 28.4 Å². The molecule has 9 nitrogen and oxygen atoms in total. The maximum Gasteiger partial charge on any atom is 0.246 e. The average Bonchev–Trinajstić information content (AvgIpc) is 3.10. The van der Waals surface area contributed by atoms with Crippen molar-refractivity contribution in [1.29, 1.82) is 0 Å². The van der Waals surface area contributed by atoms with E-state index in [4.69, 9.17) is 28.1 Å². The molecule has 4 rings (SSSR count). The van der Waals surface area contributed by atoms with Crippen molar-refractivity contribution in [3.8, 4) is 34.5 Å². The van der Waals surface area contributed by atoms with Gasteiger partial charge in [0.15, 0.2) is 34.3 Å². The summed E-state index contributed by atoms with van der Waals surface area (Å²) in [6.07, 6.45) is 0.866. The first-order valence-corrected chi connectivity index (χ1v) is 8.49. The van der Waals surface area contributed by atoms with E-state index in [-0.39, 0.29) is 11.3 Å². The van der Waals surface area contributed by atoms with Gasteiger partial charge in [0, 0.05) is 17.7 Å². The lowest BCUT2D eigenvalue weighted by molar-refractivity contribution is -0.401. The fourth-order valence-electron chi connectivity index (χ4n) is 3.28. The van der Waals surface area contributed by atoms with Crippen LogP contribution in [0.15, 0.2) is 34.9 Å². The predicted octanol–water partition coefficient (Wildman–Crippen LogP) is 4.24. The summed E-state index contributed by atoms with van der Waals surface area (Å²) >= 11 is 0. The first kappa shape index (κ1) is 18.5. The van der Waals surface area contributed by atoms with E-state index in [1.54, 1.807) is 24.3 Å². The highest BCUT2D eigenvalue weighted by molar-refractivity contribution is 5.99. The second-order valence-corrected chi connectivity index (χ2v) is 6.10. The number of nitro groups is 1. The number of fused-ring (bicyclic) bond motifs is 4. The van der Waals surface area contributed by atoms with Gasteiger partial charge in [-0.3, -0.25) is 10.1 Å². The van der Waals surface area contributed by atoms with Crippen LogP contribution >= 0.6 is 0 Å². The van der Waals surface area contributed by atoms with Crippen molar-refractivity contribution in [2.24, 2.45) is 0 Å². The number of benzene rings is 2. The monoisotopic (exact) mass is 399 g/mol. The molecule has 0 bridgehead atoms. The van der Waals surface area contributed by atoms with E-state index < -0.39 is 4.92 Å². The summed E-state index contributed by atoms with van der Waals surface area (Å²) in [6, 6.07) is 6.63. The Labute approximate surface area is 165 Å². The van der Waals surface area contributed by atoms with Crippen LogP contribution in [-0.2, 0) is 0 Å². The molecule has 0 fully saturated rings. The van der Waals surface area contributed by atoms with Crippen LogP contribution in [0, 0.1) is 10.1 Å². The smallest absolute Gasteiger partial charge is 0.246 e. The van der Waals surface area contributed by atoms with Crippen LogP contribution in [0.25, 0.3) is 16.5 Å². The molecule has 0 saturated heterocycles. The summed E-state index contributed by atoms with van der Waals surface area (Å²) in [5.74, 6) is 2.58. The maximum atomic E-state index is 11.4. The summed E-state index contributed by atoms with van der Waals surface area (Å²) in [5.41, 5.74) is 1.02. The van der Waals surface area contributed by atoms with Crippen LogP contribution in [0.4, 0.5) is 0 Å². The van der Waals surface area contributed by atoms with Gasteiger partial charge in [-0.15, -0.1) is 0 Å². The Balaban J connectivity index is 2.07. The third-order valence-corrected chi connectivity index (χ3v) is 4.60. The molecule has 29 heavy (non-hydrogen) atoms. The number of ether oxygens (including phenoxy) is 5. The number of rotatable bonds is 5. The van der Waals surface area contributed by atoms with Crippen LogP contribution in [-0.4, -0.2) is 33.4 Å². The number of hydrogen-bond donors (Lipinski definition) is 0. The first-order valence-electron chi connectivity index (χ1n) is 8.49. The zero-order chi connectivity index (χ0) is 20.7. The number of hydrogen-bond acceptors (Lipinski definition) is 8. The largest absolute Gasteiger partial charge is 0.497 e. The zero-order valence-corrected chi connectivity index (χ0v) is 16.1. The van der Waals surface area contributed by atoms with Gasteiger partial charge in [-0.2, -0.15) is 0 Å². The lowest BCUT2D eigenvalue weighted by atomic mass is 9.98. The third kappa shape index (κ3) is 2.87. The van der Waals surface area contributed by atoms with Crippen molar-refractivity contribution in [3.63, 3.8) is 0 Å². The van der Waals surface area contributed by atoms with Crippen LogP contribution in [0.1, 0.15) is 11.3 Å². The molecule has 0 atom stereocenters. The quantitative estimate of drug-likeness (QED) is 0.363. The van der Waals surface area contributed by atoms with E-state index in [0.29, 0.717) is 51.0 Å². The van der Waals surface area contributed by atoms with Gasteiger partial charge in [-0.25, -0.2) is 0 Å². The molecular weight excluding hydrogens is 382 g/mol. The molecule has 0 N–H and O–H groups in total. The predicted molar refractivity (Wildman–Crippen MR) is 103 cm³/mol. The number of methoxy groups -OCH3 is 4. The summed E-state index contributed by atoms with van der Waals surface area (Å²) < 4.78 is 33.5. The summed E-state index contributed by atoms with van der Waals surface area (Å²) in [4.78, 5) is 10.8. The molecule has 9 heteroatoms. The summed E-state index contributed by atoms with van der Waals surface area (Å²) in [5, 5.41) is 11.9. The fourth-order valence-corrected chi connectivity index (χ4v) is 3.28. The Bertz CT molecular complexity index is 1160. The summed E-state index contributed by atoms with van der Waals surface area (Å²) in [7, 11) is 5.99. The van der Waals surface area contributed by atoms with Gasteiger partial charge in [-0.05, 0) is 12.1 Å².